The molecule has 1 aromatic carbocycles. The van der Waals surface area contributed by atoms with Crippen LogP contribution in [-0.2, 0) is 0 Å². The first-order valence-electron chi connectivity index (χ1n) is 3.54. The van der Waals surface area contributed by atoms with Crippen molar-refractivity contribution in [3.63, 3.8) is 0 Å². The summed E-state index contributed by atoms with van der Waals surface area (Å²) in [6, 6.07) is 3.51. The summed E-state index contributed by atoms with van der Waals surface area (Å²) < 4.78 is 0.872. The molecule has 0 aliphatic heterocycles. The van der Waals surface area contributed by atoms with Crippen LogP contribution in [0, 0.1) is 0 Å². The lowest BCUT2D eigenvalue weighted by atomic mass is 10.2. The van der Waals surface area contributed by atoms with E-state index in [-0.39, 0.29) is 0 Å². The molecule has 0 saturated heterocycles. The third-order valence-electron chi connectivity index (χ3n) is 1.79. The monoisotopic (exact) mass is 230 g/mol. The number of halogens is 2. The standard InChI is InChI=1S/C9H4Cl2OS/c10-7-2-1-6-5(3-12)4-13-9(6)8(7)11/h1-4H. The summed E-state index contributed by atoms with van der Waals surface area (Å²) in [5, 5.41) is 3.69. The van der Waals surface area contributed by atoms with Gasteiger partial charge in [-0.1, -0.05) is 29.3 Å². The van der Waals surface area contributed by atoms with Gasteiger partial charge in [0.2, 0.25) is 0 Å². The van der Waals surface area contributed by atoms with Crippen LogP contribution < -0.4 is 0 Å². The highest BCUT2D eigenvalue weighted by Gasteiger charge is 2.08. The Morgan fingerprint density at radius 3 is 2.77 bits per heavy atom. The number of thiophene rings is 1. The van der Waals surface area contributed by atoms with Crippen LogP contribution in [0.5, 0.6) is 0 Å². The van der Waals surface area contributed by atoms with Crippen LogP contribution in [0.25, 0.3) is 10.1 Å². The van der Waals surface area contributed by atoms with Gasteiger partial charge in [0.05, 0.1) is 14.7 Å². The molecule has 0 radical (unpaired) electrons. The number of carbonyl (C=O) groups excluding carboxylic acids is 1. The quantitative estimate of drug-likeness (QED) is 0.677. The smallest absolute Gasteiger partial charge is 0.151 e. The third-order valence-corrected chi connectivity index (χ3v) is 3.74. The first-order chi connectivity index (χ1) is 6.24. The maximum atomic E-state index is 10.6. The van der Waals surface area contributed by atoms with Gasteiger partial charge in [-0.15, -0.1) is 11.3 Å². The van der Waals surface area contributed by atoms with Gasteiger partial charge < -0.3 is 0 Å². The van der Waals surface area contributed by atoms with Crippen LogP contribution in [0.3, 0.4) is 0 Å². The fourth-order valence-corrected chi connectivity index (χ4v) is 2.62. The highest BCUT2D eigenvalue weighted by atomic mass is 35.5. The lowest BCUT2D eigenvalue weighted by molar-refractivity contribution is 0.112. The Balaban J connectivity index is 2.88. The molecule has 1 nitrogen and oxygen atoms in total. The zero-order valence-corrected chi connectivity index (χ0v) is 8.71. The molecule has 0 atom stereocenters. The lowest BCUT2D eigenvalue weighted by Crippen LogP contribution is -1.75. The summed E-state index contributed by atoms with van der Waals surface area (Å²) in [5.74, 6) is 0. The normalized spacial score (nSPS) is 10.6. The fraction of sp³-hybridized carbons (Fsp3) is 0. The Labute approximate surface area is 88.9 Å². The Morgan fingerprint density at radius 1 is 1.31 bits per heavy atom. The molecule has 0 amide bonds. The molecule has 0 aliphatic rings. The van der Waals surface area contributed by atoms with E-state index >= 15 is 0 Å². The second-order valence-corrected chi connectivity index (χ2v) is 4.21. The predicted molar refractivity (Wildman–Crippen MR) is 57.2 cm³/mol. The average Bonchev–Trinajstić information content (AvgIpc) is 2.55. The van der Waals surface area contributed by atoms with Gasteiger partial charge in [0.25, 0.3) is 0 Å². The highest BCUT2D eigenvalue weighted by Crippen LogP contribution is 2.35. The van der Waals surface area contributed by atoms with E-state index in [4.69, 9.17) is 23.2 Å². The minimum Gasteiger partial charge on any atom is -0.298 e. The van der Waals surface area contributed by atoms with E-state index in [1.54, 1.807) is 11.4 Å². The van der Waals surface area contributed by atoms with Crippen molar-refractivity contribution in [3.8, 4) is 0 Å². The van der Waals surface area contributed by atoms with Gasteiger partial charge in [-0.25, -0.2) is 0 Å². The maximum Gasteiger partial charge on any atom is 0.151 e. The average molecular weight is 231 g/mol. The zero-order chi connectivity index (χ0) is 9.42. The van der Waals surface area contributed by atoms with Gasteiger partial charge in [0, 0.05) is 16.3 Å². The van der Waals surface area contributed by atoms with Crippen molar-refractivity contribution in [3.05, 3.63) is 33.1 Å². The molecule has 1 heterocycles. The van der Waals surface area contributed by atoms with Crippen LogP contribution in [0.2, 0.25) is 10.0 Å². The molecule has 2 aromatic rings. The molecule has 1 aromatic heterocycles. The largest absolute Gasteiger partial charge is 0.298 e. The maximum absolute atomic E-state index is 10.6. The van der Waals surface area contributed by atoms with Crippen molar-refractivity contribution in [1.29, 1.82) is 0 Å². The summed E-state index contributed by atoms with van der Waals surface area (Å²) in [4.78, 5) is 10.6. The lowest BCUT2D eigenvalue weighted by Gasteiger charge is -1.96. The third kappa shape index (κ3) is 1.35. The van der Waals surface area contributed by atoms with E-state index in [1.165, 1.54) is 11.3 Å². The molecule has 0 spiro atoms. The van der Waals surface area contributed by atoms with E-state index in [2.05, 4.69) is 0 Å². The topological polar surface area (TPSA) is 17.1 Å². The Kier molecular flexibility index (Phi) is 2.28. The number of rotatable bonds is 1. The van der Waals surface area contributed by atoms with Gasteiger partial charge >= 0.3 is 0 Å². The second-order valence-electron chi connectivity index (χ2n) is 2.55. The molecule has 0 unspecified atom stereocenters. The summed E-state index contributed by atoms with van der Waals surface area (Å²) >= 11 is 13.2. The van der Waals surface area contributed by atoms with E-state index < -0.39 is 0 Å². The minimum absolute atomic E-state index is 0.522. The number of hydrogen-bond acceptors (Lipinski definition) is 2. The SMILES string of the molecule is O=Cc1csc2c(Cl)c(Cl)ccc12. The van der Waals surface area contributed by atoms with Crippen LogP contribution in [0.15, 0.2) is 17.5 Å². The molecule has 0 N–H and O–H groups in total. The van der Waals surface area contributed by atoms with Crippen LogP contribution in [0.1, 0.15) is 10.4 Å². The summed E-state index contributed by atoms with van der Waals surface area (Å²) in [6.45, 7) is 0. The Morgan fingerprint density at radius 2 is 2.08 bits per heavy atom. The second kappa shape index (κ2) is 3.29. The fourth-order valence-electron chi connectivity index (χ4n) is 1.15. The summed E-state index contributed by atoms with van der Waals surface area (Å²) in [7, 11) is 0. The molecule has 66 valence electrons. The molecule has 0 saturated carbocycles. The van der Waals surface area contributed by atoms with Gasteiger partial charge in [0.1, 0.15) is 0 Å². The first-order valence-corrected chi connectivity index (χ1v) is 5.18. The van der Waals surface area contributed by atoms with Crippen molar-refractivity contribution < 1.29 is 4.79 Å². The van der Waals surface area contributed by atoms with Crippen molar-refractivity contribution in [2.75, 3.05) is 0 Å². The summed E-state index contributed by atoms with van der Waals surface area (Å²) in [6.07, 6.45) is 0.822. The molecule has 2 rings (SSSR count). The number of fused-ring (bicyclic) bond motifs is 1. The Bertz CT molecular complexity index is 476. The molecule has 4 heteroatoms. The number of benzene rings is 1. The van der Waals surface area contributed by atoms with E-state index in [1.807, 2.05) is 6.07 Å². The number of aldehydes is 1. The number of carbonyl (C=O) groups is 1. The van der Waals surface area contributed by atoms with Crippen molar-refractivity contribution in [2.24, 2.45) is 0 Å². The van der Waals surface area contributed by atoms with E-state index in [0.29, 0.717) is 15.6 Å². The van der Waals surface area contributed by atoms with Crippen molar-refractivity contribution >= 4 is 50.9 Å². The predicted octanol–water partition coefficient (Wildman–Crippen LogP) is 4.02. The van der Waals surface area contributed by atoms with Crippen molar-refractivity contribution in [2.45, 2.75) is 0 Å². The van der Waals surface area contributed by atoms with Gasteiger partial charge in [0.15, 0.2) is 6.29 Å². The van der Waals surface area contributed by atoms with Crippen LogP contribution in [-0.4, -0.2) is 6.29 Å². The molecule has 0 aliphatic carbocycles. The van der Waals surface area contributed by atoms with E-state index in [9.17, 15) is 4.79 Å². The zero-order valence-electron chi connectivity index (χ0n) is 6.38. The van der Waals surface area contributed by atoms with Gasteiger partial charge in [-0.2, -0.15) is 0 Å². The van der Waals surface area contributed by atoms with Crippen molar-refractivity contribution in [1.82, 2.24) is 0 Å². The molecule has 13 heavy (non-hydrogen) atoms. The van der Waals surface area contributed by atoms with E-state index in [0.717, 1.165) is 16.4 Å². The van der Waals surface area contributed by atoms with Crippen LogP contribution in [0.4, 0.5) is 0 Å². The van der Waals surface area contributed by atoms with Crippen LogP contribution >= 0.6 is 34.5 Å². The van der Waals surface area contributed by atoms with Gasteiger partial charge in [-0.3, -0.25) is 4.79 Å². The number of hydrogen-bond donors (Lipinski definition) is 0. The molecular formula is C9H4Cl2OS. The van der Waals surface area contributed by atoms with Gasteiger partial charge in [-0.05, 0) is 6.07 Å². The minimum atomic E-state index is 0.522. The summed E-state index contributed by atoms with van der Waals surface area (Å²) in [5.41, 5.74) is 0.665. The molecule has 0 fully saturated rings. The molecule has 0 bridgehead atoms. The highest BCUT2D eigenvalue weighted by molar-refractivity contribution is 7.18. The first kappa shape index (κ1) is 9.00. The Hall–Kier alpha value is -0.570. The molecular weight excluding hydrogens is 227 g/mol.